The minimum atomic E-state index is -0.543. The van der Waals surface area contributed by atoms with Gasteiger partial charge in [0.2, 0.25) is 0 Å². The molecule has 46 heavy (non-hydrogen) atoms. The highest BCUT2D eigenvalue weighted by Gasteiger charge is 2.22. The number of fused-ring (bicyclic) bond motifs is 2. The second-order valence-corrected chi connectivity index (χ2v) is 12.0. The molecule has 3 rings (SSSR count). The molecule has 0 saturated carbocycles. The van der Waals surface area contributed by atoms with Crippen LogP contribution in [0.2, 0.25) is 0 Å². The van der Waals surface area contributed by atoms with E-state index in [2.05, 4.69) is 26.0 Å². The Morgan fingerprint density at radius 1 is 0.565 bits per heavy atom. The molecule has 3 aromatic carbocycles. The minimum Gasteiger partial charge on any atom is -0.488 e. The summed E-state index contributed by atoms with van der Waals surface area (Å²) in [6.45, 7) is 14.2. The van der Waals surface area contributed by atoms with Crippen molar-refractivity contribution >= 4 is 33.5 Å². The van der Waals surface area contributed by atoms with Crippen molar-refractivity contribution in [3.63, 3.8) is 0 Å². The van der Waals surface area contributed by atoms with Crippen LogP contribution in [-0.4, -0.2) is 63.8 Å². The van der Waals surface area contributed by atoms with Crippen molar-refractivity contribution in [2.24, 2.45) is 0 Å². The number of carbonyl (C=O) groups is 2. The fraction of sp³-hybridized carbons (Fsp3) is 0.579. The number of carbonyl (C=O) groups excluding carboxylic acids is 2. The van der Waals surface area contributed by atoms with E-state index in [4.69, 9.17) is 28.4 Å². The molecule has 0 aliphatic carbocycles. The van der Waals surface area contributed by atoms with Crippen molar-refractivity contribution in [3.8, 4) is 11.5 Å². The van der Waals surface area contributed by atoms with Gasteiger partial charge in [0.05, 0.1) is 13.2 Å². The molecule has 0 amide bonds. The van der Waals surface area contributed by atoms with Gasteiger partial charge in [-0.15, -0.1) is 0 Å². The highest BCUT2D eigenvalue weighted by Crippen LogP contribution is 2.43. The van der Waals surface area contributed by atoms with Crippen molar-refractivity contribution < 1.29 is 38.0 Å². The molecule has 0 saturated heterocycles. The van der Waals surface area contributed by atoms with Crippen molar-refractivity contribution in [3.05, 3.63) is 47.5 Å². The van der Waals surface area contributed by atoms with Crippen molar-refractivity contribution in [1.29, 1.82) is 0 Å². The van der Waals surface area contributed by atoms with Gasteiger partial charge >= 0.3 is 11.9 Å². The predicted molar refractivity (Wildman–Crippen MR) is 183 cm³/mol. The largest absolute Gasteiger partial charge is 0.488 e. The van der Waals surface area contributed by atoms with E-state index in [0.29, 0.717) is 50.4 Å². The SMILES string of the molecule is CCCCOCC(COc1c2ccc(C)cc2c(OCC(COCCCC)OC(=O)CCC)c2ccc(C)cc12)OC(=O)CCC. The number of hydrogen-bond donors (Lipinski definition) is 0. The number of rotatable bonds is 22. The van der Waals surface area contributed by atoms with Crippen LogP contribution >= 0.6 is 0 Å². The van der Waals surface area contributed by atoms with E-state index >= 15 is 0 Å². The summed E-state index contributed by atoms with van der Waals surface area (Å²) in [5.74, 6) is 0.876. The molecule has 0 aromatic heterocycles. The molecule has 2 atom stereocenters. The molecule has 0 aliphatic rings. The van der Waals surface area contributed by atoms with Gasteiger partial charge in [-0.1, -0.05) is 75.9 Å². The number of unbranched alkanes of at least 4 members (excludes halogenated alkanes) is 2. The number of benzene rings is 3. The Kier molecular flexibility index (Phi) is 16.1. The zero-order valence-corrected chi connectivity index (χ0v) is 28.8. The monoisotopic (exact) mass is 638 g/mol. The van der Waals surface area contributed by atoms with Crippen LogP contribution in [0, 0.1) is 13.8 Å². The fourth-order valence-electron chi connectivity index (χ4n) is 5.09. The Bertz CT molecular complexity index is 1280. The first-order valence-electron chi connectivity index (χ1n) is 17.1. The summed E-state index contributed by atoms with van der Waals surface area (Å²) in [4.78, 5) is 24.9. The summed E-state index contributed by atoms with van der Waals surface area (Å²) in [7, 11) is 0. The molecular weight excluding hydrogens is 584 g/mol. The summed E-state index contributed by atoms with van der Waals surface area (Å²) >= 11 is 0. The summed E-state index contributed by atoms with van der Waals surface area (Å²) in [6.07, 6.45) is 4.96. The van der Waals surface area contributed by atoms with E-state index in [1.807, 2.05) is 52.0 Å². The molecule has 254 valence electrons. The highest BCUT2D eigenvalue weighted by atomic mass is 16.6. The second-order valence-electron chi connectivity index (χ2n) is 12.0. The molecule has 3 aromatic rings. The summed E-state index contributed by atoms with van der Waals surface area (Å²) in [5.41, 5.74) is 2.14. The van der Waals surface area contributed by atoms with Crippen LogP contribution < -0.4 is 9.47 Å². The number of aryl methyl sites for hydroxylation is 2. The van der Waals surface area contributed by atoms with Gasteiger partial charge < -0.3 is 28.4 Å². The summed E-state index contributed by atoms with van der Waals surface area (Å²) in [6, 6.07) is 12.3. The molecule has 0 heterocycles. The lowest BCUT2D eigenvalue weighted by atomic mass is 9.97. The van der Waals surface area contributed by atoms with Crippen LogP contribution in [0.15, 0.2) is 36.4 Å². The number of esters is 2. The van der Waals surface area contributed by atoms with Gasteiger partial charge in [0.25, 0.3) is 0 Å². The molecule has 0 aliphatic heterocycles. The molecule has 2 unspecified atom stereocenters. The fourth-order valence-corrected chi connectivity index (χ4v) is 5.09. The number of ether oxygens (including phenoxy) is 6. The van der Waals surface area contributed by atoms with Gasteiger partial charge in [0, 0.05) is 47.6 Å². The molecule has 0 radical (unpaired) electrons. The minimum absolute atomic E-state index is 0.151. The average Bonchev–Trinajstić information content (AvgIpc) is 3.02. The molecule has 8 heteroatoms. The Hall–Kier alpha value is -3.36. The van der Waals surface area contributed by atoms with E-state index < -0.39 is 12.2 Å². The third-order valence-corrected chi connectivity index (χ3v) is 7.55. The van der Waals surface area contributed by atoms with E-state index in [0.717, 1.165) is 58.4 Å². The standard InChI is InChI=1S/C38H54O8/c1-7-11-19-41-23-29(45-35(39)13-9-3)25-43-37-31-17-15-28(6)22-34(31)38(32-18-16-27(5)21-33(32)37)44-26-30(24-42-20-12-8-2)46-36(40)14-10-4/h15-18,21-22,29-30H,7-14,19-20,23-26H2,1-6H3. The van der Waals surface area contributed by atoms with Crippen LogP contribution in [-0.2, 0) is 28.5 Å². The smallest absolute Gasteiger partial charge is 0.306 e. The summed E-state index contributed by atoms with van der Waals surface area (Å²) in [5, 5.41) is 3.53. The van der Waals surface area contributed by atoms with Gasteiger partial charge in [-0.05, 0) is 51.7 Å². The Labute approximate surface area is 275 Å². The third-order valence-electron chi connectivity index (χ3n) is 7.55. The first kappa shape index (κ1) is 37.1. The quantitative estimate of drug-likeness (QED) is 0.0616. The first-order valence-corrected chi connectivity index (χ1v) is 17.1. The van der Waals surface area contributed by atoms with Gasteiger partial charge in [-0.25, -0.2) is 0 Å². The third kappa shape index (κ3) is 11.5. The van der Waals surface area contributed by atoms with E-state index in [-0.39, 0.29) is 38.4 Å². The van der Waals surface area contributed by atoms with Gasteiger partial charge in [0.1, 0.15) is 24.7 Å². The maximum absolute atomic E-state index is 12.4. The molecule has 0 spiro atoms. The Balaban J connectivity index is 1.98. The molecule has 8 nitrogen and oxygen atoms in total. The zero-order valence-electron chi connectivity index (χ0n) is 28.8. The molecular formula is C38H54O8. The first-order chi connectivity index (χ1) is 22.3. The second kappa shape index (κ2) is 20.0. The van der Waals surface area contributed by atoms with E-state index in [1.54, 1.807) is 0 Å². The van der Waals surface area contributed by atoms with Gasteiger partial charge in [-0.3, -0.25) is 9.59 Å². The zero-order chi connectivity index (χ0) is 33.3. The van der Waals surface area contributed by atoms with Gasteiger partial charge in [-0.2, -0.15) is 0 Å². The van der Waals surface area contributed by atoms with Crippen molar-refractivity contribution in [2.45, 2.75) is 105 Å². The number of hydrogen-bond acceptors (Lipinski definition) is 8. The van der Waals surface area contributed by atoms with E-state index in [9.17, 15) is 9.59 Å². The average molecular weight is 639 g/mol. The van der Waals surface area contributed by atoms with Crippen LogP contribution in [0.25, 0.3) is 21.5 Å². The van der Waals surface area contributed by atoms with Crippen LogP contribution in [0.5, 0.6) is 11.5 Å². The molecule has 0 fully saturated rings. The topological polar surface area (TPSA) is 89.5 Å². The molecule has 0 N–H and O–H groups in total. The molecule has 0 bridgehead atoms. The van der Waals surface area contributed by atoms with Crippen LogP contribution in [0.4, 0.5) is 0 Å². The lowest BCUT2D eigenvalue weighted by molar-refractivity contribution is -0.155. The van der Waals surface area contributed by atoms with E-state index in [1.165, 1.54) is 0 Å². The van der Waals surface area contributed by atoms with Gasteiger partial charge in [0.15, 0.2) is 12.2 Å². The maximum atomic E-state index is 12.4. The lowest BCUT2D eigenvalue weighted by Gasteiger charge is -2.23. The van der Waals surface area contributed by atoms with Crippen LogP contribution in [0.1, 0.15) is 90.2 Å². The van der Waals surface area contributed by atoms with Crippen molar-refractivity contribution in [1.82, 2.24) is 0 Å². The lowest BCUT2D eigenvalue weighted by Crippen LogP contribution is -2.30. The van der Waals surface area contributed by atoms with Crippen LogP contribution in [0.3, 0.4) is 0 Å². The Morgan fingerprint density at radius 3 is 1.35 bits per heavy atom. The summed E-state index contributed by atoms with van der Waals surface area (Å²) < 4.78 is 36.4. The highest BCUT2D eigenvalue weighted by molar-refractivity contribution is 6.11. The maximum Gasteiger partial charge on any atom is 0.306 e. The Morgan fingerprint density at radius 2 is 0.978 bits per heavy atom. The normalized spacial score (nSPS) is 12.7. The predicted octanol–water partition coefficient (Wildman–Crippen LogP) is 8.42. The van der Waals surface area contributed by atoms with Crippen molar-refractivity contribution in [2.75, 3.05) is 39.6 Å².